The molecule has 2 aromatic rings. The number of nitrogens with zero attached hydrogens (tertiary/aromatic N) is 1. The third-order valence-electron chi connectivity index (χ3n) is 5.24. The van der Waals surface area contributed by atoms with E-state index in [0.717, 1.165) is 5.56 Å². The minimum Gasteiger partial charge on any atom is -0.465 e. The lowest BCUT2D eigenvalue weighted by Gasteiger charge is -2.22. The van der Waals surface area contributed by atoms with Gasteiger partial charge in [-0.3, -0.25) is 14.4 Å². The van der Waals surface area contributed by atoms with Gasteiger partial charge in [0, 0.05) is 30.0 Å². The van der Waals surface area contributed by atoms with E-state index in [9.17, 15) is 19.2 Å². The van der Waals surface area contributed by atoms with Crippen LogP contribution < -0.4 is 10.6 Å². The van der Waals surface area contributed by atoms with Gasteiger partial charge < -0.3 is 20.3 Å². The highest BCUT2D eigenvalue weighted by atomic mass is 32.2. The highest BCUT2D eigenvalue weighted by Crippen LogP contribution is 2.47. The van der Waals surface area contributed by atoms with Gasteiger partial charge in [0.2, 0.25) is 11.8 Å². The molecule has 0 spiro atoms. The topological polar surface area (TPSA) is 105 Å². The fourth-order valence-electron chi connectivity index (χ4n) is 3.69. The lowest BCUT2D eigenvalue weighted by Crippen LogP contribution is -2.46. The van der Waals surface area contributed by atoms with Gasteiger partial charge in [-0.1, -0.05) is 18.2 Å². The van der Waals surface area contributed by atoms with Crippen molar-refractivity contribution in [3.63, 3.8) is 0 Å². The number of fused-ring (bicyclic) bond motifs is 3. The Hall–Kier alpha value is -3.33. The van der Waals surface area contributed by atoms with Crippen LogP contribution in [0.15, 0.2) is 48.5 Å². The first-order valence-electron chi connectivity index (χ1n) is 9.78. The summed E-state index contributed by atoms with van der Waals surface area (Å²) in [5, 5.41) is 5.35. The van der Waals surface area contributed by atoms with Gasteiger partial charge in [0.25, 0.3) is 5.91 Å². The Labute approximate surface area is 183 Å². The fourth-order valence-corrected chi connectivity index (χ4v) is 5.16. The van der Waals surface area contributed by atoms with E-state index in [-0.39, 0.29) is 36.1 Å². The van der Waals surface area contributed by atoms with E-state index in [2.05, 4.69) is 15.4 Å². The number of thioether (sulfide) groups is 1. The summed E-state index contributed by atoms with van der Waals surface area (Å²) in [5.41, 5.74) is 2.53. The monoisotopic (exact) mass is 439 g/mol. The van der Waals surface area contributed by atoms with Crippen LogP contribution in [0.3, 0.4) is 0 Å². The molecule has 0 aliphatic carbocycles. The first kappa shape index (κ1) is 20.9. The first-order valence-corrected chi connectivity index (χ1v) is 10.8. The molecule has 2 N–H and O–H groups in total. The van der Waals surface area contributed by atoms with Crippen molar-refractivity contribution in [3.8, 4) is 0 Å². The number of ether oxygens (including phenoxy) is 1. The van der Waals surface area contributed by atoms with E-state index in [1.165, 1.54) is 7.11 Å². The maximum Gasteiger partial charge on any atom is 0.337 e. The van der Waals surface area contributed by atoms with Crippen LogP contribution in [0.4, 0.5) is 5.69 Å². The Morgan fingerprint density at radius 2 is 1.87 bits per heavy atom. The SMILES string of the molecule is COC(=O)c1ccc(NC(=O)CCNC(=O)C2CSC3c4ccccc4C(=O)N23)cc1. The second-order valence-corrected chi connectivity index (χ2v) is 8.27. The third kappa shape index (κ3) is 4.13. The zero-order chi connectivity index (χ0) is 22.0. The standard InChI is InChI=1S/C22H21N3O5S/c1-30-22(29)13-6-8-14(9-7-13)24-18(26)10-11-23-19(27)17-12-31-21-16-5-3-2-4-15(16)20(28)25(17)21/h2-9,17,21H,10-12H2,1H3,(H,23,27)(H,24,26). The number of rotatable bonds is 6. The van der Waals surface area contributed by atoms with E-state index in [1.807, 2.05) is 18.2 Å². The summed E-state index contributed by atoms with van der Waals surface area (Å²) >= 11 is 1.57. The molecule has 2 heterocycles. The van der Waals surface area contributed by atoms with Gasteiger partial charge in [-0.2, -0.15) is 0 Å². The summed E-state index contributed by atoms with van der Waals surface area (Å²) in [6.45, 7) is 0.158. The second-order valence-electron chi connectivity index (χ2n) is 7.16. The summed E-state index contributed by atoms with van der Waals surface area (Å²) < 4.78 is 4.63. The van der Waals surface area contributed by atoms with Crippen LogP contribution in [0.2, 0.25) is 0 Å². The molecule has 0 saturated carbocycles. The van der Waals surface area contributed by atoms with Crippen LogP contribution in [0, 0.1) is 0 Å². The molecule has 0 bridgehead atoms. The molecule has 0 radical (unpaired) electrons. The average Bonchev–Trinajstić information content (AvgIpc) is 3.34. The molecular formula is C22H21N3O5S. The van der Waals surface area contributed by atoms with Crippen molar-refractivity contribution < 1.29 is 23.9 Å². The third-order valence-corrected chi connectivity index (χ3v) is 6.54. The first-order chi connectivity index (χ1) is 15.0. The number of anilines is 1. The number of hydrogen-bond donors (Lipinski definition) is 2. The summed E-state index contributed by atoms with van der Waals surface area (Å²) in [5.74, 6) is -0.581. The smallest absolute Gasteiger partial charge is 0.337 e. The molecule has 2 unspecified atom stereocenters. The van der Waals surface area contributed by atoms with Crippen molar-refractivity contribution in [3.05, 3.63) is 65.2 Å². The van der Waals surface area contributed by atoms with Gasteiger partial charge in [-0.05, 0) is 35.9 Å². The molecule has 0 aromatic heterocycles. The van der Waals surface area contributed by atoms with Gasteiger partial charge in [0.1, 0.15) is 11.4 Å². The second kappa shape index (κ2) is 8.81. The Balaban J connectivity index is 1.27. The Morgan fingerprint density at radius 3 is 2.61 bits per heavy atom. The number of nitrogens with one attached hydrogen (secondary N) is 2. The van der Waals surface area contributed by atoms with Crippen molar-refractivity contribution in [2.45, 2.75) is 17.8 Å². The van der Waals surface area contributed by atoms with Crippen LogP contribution in [-0.2, 0) is 14.3 Å². The predicted molar refractivity (Wildman–Crippen MR) is 116 cm³/mol. The number of methoxy groups -OCH3 is 1. The summed E-state index contributed by atoms with van der Waals surface area (Å²) in [6.07, 6.45) is 0.0853. The van der Waals surface area contributed by atoms with Gasteiger partial charge in [0.15, 0.2) is 0 Å². The maximum absolute atomic E-state index is 12.7. The van der Waals surface area contributed by atoms with Gasteiger partial charge in [0.05, 0.1) is 12.7 Å². The van der Waals surface area contributed by atoms with Crippen LogP contribution in [0.1, 0.15) is 38.1 Å². The molecule has 31 heavy (non-hydrogen) atoms. The number of carbonyl (C=O) groups is 4. The van der Waals surface area contributed by atoms with Crippen molar-refractivity contribution in [2.75, 3.05) is 24.7 Å². The molecule has 2 aromatic carbocycles. The Bertz CT molecular complexity index is 1040. The molecule has 2 aliphatic heterocycles. The molecule has 1 fully saturated rings. The zero-order valence-corrected chi connectivity index (χ0v) is 17.6. The Morgan fingerprint density at radius 1 is 1.13 bits per heavy atom. The lowest BCUT2D eigenvalue weighted by molar-refractivity contribution is -0.124. The quantitative estimate of drug-likeness (QED) is 0.669. The van der Waals surface area contributed by atoms with Crippen LogP contribution in [0.5, 0.6) is 0 Å². The van der Waals surface area contributed by atoms with Crippen LogP contribution in [0.25, 0.3) is 0 Å². The van der Waals surface area contributed by atoms with E-state index < -0.39 is 12.0 Å². The molecule has 4 rings (SSSR count). The number of amides is 3. The largest absolute Gasteiger partial charge is 0.465 e. The predicted octanol–water partition coefficient (Wildman–Crippen LogP) is 2.19. The maximum atomic E-state index is 12.7. The zero-order valence-electron chi connectivity index (χ0n) is 16.8. The van der Waals surface area contributed by atoms with E-state index in [4.69, 9.17) is 0 Å². The van der Waals surface area contributed by atoms with Crippen molar-refractivity contribution in [1.29, 1.82) is 0 Å². The number of carbonyl (C=O) groups excluding carboxylic acids is 4. The van der Waals surface area contributed by atoms with E-state index >= 15 is 0 Å². The molecule has 2 atom stereocenters. The molecule has 1 saturated heterocycles. The summed E-state index contributed by atoms with van der Waals surface area (Å²) in [6, 6.07) is 13.2. The van der Waals surface area contributed by atoms with Crippen molar-refractivity contribution >= 4 is 41.1 Å². The highest BCUT2D eigenvalue weighted by Gasteiger charge is 2.48. The van der Waals surface area contributed by atoms with Gasteiger partial charge >= 0.3 is 5.97 Å². The summed E-state index contributed by atoms with van der Waals surface area (Å²) in [4.78, 5) is 50.6. The van der Waals surface area contributed by atoms with Crippen LogP contribution >= 0.6 is 11.8 Å². The molecule has 2 aliphatic rings. The fraction of sp³-hybridized carbons (Fsp3) is 0.273. The minimum absolute atomic E-state index is 0.0853. The van der Waals surface area contributed by atoms with Crippen molar-refractivity contribution in [2.24, 2.45) is 0 Å². The number of esters is 1. The highest BCUT2D eigenvalue weighted by molar-refractivity contribution is 7.99. The normalized spacial score (nSPS) is 18.9. The van der Waals surface area contributed by atoms with Gasteiger partial charge in [-0.25, -0.2) is 4.79 Å². The number of hydrogen-bond acceptors (Lipinski definition) is 6. The van der Waals surface area contributed by atoms with Gasteiger partial charge in [-0.15, -0.1) is 11.8 Å². The molecule has 8 nitrogen and oxygen atoms in total. The lowest BCUT2D eigenvalue weighted by atomic mass is 10.1. The number of benzene rings is 2. The molecule has 3 amide bonds. The molecular weight excluding hydrogens is 418 g/mol. The minimum atomic E-state index is -0.552. The van der Waals surface area contributed by atoms with E-state index in [1.54, 1.807) is 47.0 Å². The van der Waals surface area contributed by atoms with E-state index in [0.29, 0.717) is 22.6 Å². The Kier molecular flexibility index (Phi) is 5.94. The van der Waals surface area contributed by atoms with Crippen molar-refractivity contribution in [1.82, 2.24) is 10.2 Å². The molecule has 9 heteroatoms. The van der Waals surface area contributed by atoms with Crippen LogP contribution in [-0.4, -0.2) is 54.0 Å². The molecule has 160 valence electrons. The average molecular weight is 439 g/mol. The summed E-state index contributed by atoms with van der Waals surface area (Å²) in [7, 11) is 1.30.